The quantitative estimate of drug-likeness (QED) is 0.528. The van der Waals surface area contributed by atoms with Crippen LogP contribution >= 0.6 is 22.7 Å². The first-order chi connectivity index (χ1) is 12.4. The van der Waals surface area contributed by atoms with Crippen molar-refractivity contribution in [2.75, 3.05) is 53.7 Å². The van der Waals surface area contributed by atoms with E-state index in [-0.39, 0.29) is 10.3 Å². The SMILES string of the molecule is COCCOCCN(CCOC)C(C)c1cc2cc(S(N)(=O)=O)sc2s1. The molecule has 0 aliphatic carbocycles. The highest BCUT2D eigenvalue weighted by Crippen LogP contribution is 2.38. The molecule has 0 fully saturated rings. The van der Waals surface area contributed by atoms with Crippen LogP contribution < -0.4 is 5.14 Å². The third-order valence-corrected chi connectivity index (χ3v) is 7.97. The zero-order valence-corrected chi connectivity index (χ0v) is 17.7. The van der Waals surface area contributed by atoms with Gasteiger partial charge in [0.2, 0.25) is 10.0 Å². The molecule has 0 bridgehead atoms. The van der Waals surface area contributed by atoms with Crippen LogP contribution in [0.4, 0.5) is 0 Å². The molecule has 2 aromatic rings. The van der Waals surface area contributed by atoms with Crippen molar-refractivity contribution in [3.05, 3.63) is 17.0 Å². The first kappa shape index (κ1) is 21.7. The van der Waals surface area contributed by atoms with Gasteiger partial charge in [0.15, 0.2) is 0 Å². The van der Waals surface area contributed by atoms with Crippen LogP contribution in [0.5, 0.6) is 0 Å². The molecule has 2 N–H and O–H groups in total. The van der Waals surface area contributed by atoms with E-state index in [2.05, 4.69) is 11.8 Å². The summed E-state index contributed by atoms with van der Waals surface area (Å²) >= 11 is 2.83. The molecule has 0 aliphatic rings. The molecule has 2 rings (SSSR count). The van der Waals surface area contributed by atoms with Gasteiger partial charge in [-0.25, -0.2) is 13.6 Å². The molecule has 0 aromatic carbocycles. The number of methoxy groups -OCH3 is 2. The zero-order chi connectivity index (χ0) is 19.2. The number of fused-ring (bicyclic) bond motifs is 1. The van der Waals surface area contributed by atoms with Gasteiger partial charge >= 0.3 is 0 Å². The lowest BCUT2D eigenvalue weighted by molar-refractivity contribution is 0.0441. The van der Waals surface area contributed by atoms with Gasteiger partial charge in [-0.05, 0) is 19.1 Å². The molecule has 0 saturated carbocycles. The smallest absolute Gasteiger partial charge is 0.247 e. The fourth-order valence-electron chi connectivity index (χ4n) is 2.50. The van der Waals surface area contributed by atoms with Crippen molar-refractivity contribution < 1.29 is 22.6 Å². The Bertz CT molecular complexity index is 756. The van der Waals surface area contributed by atoms with Crippen LogP contribution in [0.25, 0.3) is 9.40 Å². The number of nitrogens with two attached hydrogens (primary N) is 1. The van der Waals surface area contributed by atoms with Crippen LogP contribution in [-0.2, 0) is 24.2 Å². The van der Waals surface area contributed by atoms with Crippen molar-refractivity contribution in [1.82, 2.24) is 4.90 Å². The van der Waals surface area contributed by atoms with Crippen LogP contribution in [-0.4, -0.2) is 67.1 Å². The molecule has 2 aromatic heterocycles. The van der Waals surface area contributed by atoms with Crippen molar-refractivity contribution in [1.29, 1.82) is 0 Å². The molecule has 10 heteroatoms. The Hall–Kier alpha value is -0.590. The molecule has 0 radical (unpaired) electrons. The molecule has 1 unspecified atom stereocenters. The van der Waals surface area contributed by atoms with Gasteiger partial charge < -0.3 is 14.2 Å². The predicted molar refractivity (Wildman–Crippen MR) is 106 cm³/mol. The summed E-state index contributed by atoms with van der Waals surface area (Å²) in [5.41, 5.74) is 0. The van der Waals surface area contributed by atoms with E-state index in [1.54, 1.807) is 31.6 Å². The van der Waals surface area contributed by atoms with Crippen LogP contribution in [0.1, 0.15) is 17.8 Å². The predicted octanol–water partition coefficient (Wildman–Crippen LogP) is 2.28. The molecule has 1 atom stereocenters. The number of thiophene rings is 2. The van der Waals surface area contributed by atoms with E-state index in [0.29, 0.717) is 26.4 Å². The summed E-state index contributed by atoms with van der Waals surface area (Å²) in [5, 5.41) is 6.14. The van der Waals surface area contributed by atoms with E-state index < -0.39 is 10.0 Å². The minimum atomic E-state index is -3.64. The average molecular weight is 423 g/mol. The first-order valence-corrected chi connectivity index (χ1v) is 11.4. The number of primary sulfonamides is 1. The van der Waals surface area contributed by atoms with Crippen LogP contribution in [0.3, 0.4) is 0 Å². The number of ether oxygens (including phenoxy) is 3. The van der Waals surface area contributed by atoms with Gasteiger partial charge in [0.25, 0.3) is 0 Å². The monoisotopic (exact) mass is 422 g/mol. The summed E-state index contributed by atoms with van der Waals surface area (Å²) in [6.07, 6.45) is 0. The Morgan fingerprint density at radius 1 is 1.08 bits per heavy atom. The minimum absolute atomic E-state index is 0.179. The number of hydrogen-bond donors (Lipinski definition) is 1. The van der Waals surface area contributed by atoms with E-state index in [1.165, 1.54) is 16.2 Å². The molecule has 7 nitrogen and oxygen atoms in total. The summed E-state index contributed by atoms with van der Waals surface area (Å²) in [7, 11) is -0.303. The van der Waals surface area contributed by atoms with Gasteiger partial charge in [-0.3, -0.25) is 4.90 Å². The highest BCUT2D eigenvalue weighted by atomic mass is 32.2. The molecular formula is C16H26N2O5S3. The van der Waals surface area contributed by atoms with Crippen LogP contribution in [0.15, 0.2) is 16.3 Å². The van der Waals surface area contributed by atoms with E-state index in [9.17, 15) is 8.42 Å². The maximum absolute atomic E-state index is 11.5. The van der Waals surface area contributed by atoms with Crippen LogP contribution in [0.2, 0.25) is 0 Å². The van der Waals surface area contributed by atoms with E-state index in [4.69, 9.17) is 19.3 Å². The van der Waals surface area contributed by atoms with Gasteiger partial charge in [0, 0.05) is 43.6 Å². The second-order valence-electron chi connectivity index (χ2n) is 5.81. The lowest BCUT2D eigenvalue weighted by atomic mass is 10.2. The van der Waals surface area contributed by atoms with Crippen LogP contribution in [0, 0.1) is 0 Å². The fraction of sp³-hybridized carbons (Fsp3) is 0.625. The molecule has 148 valence electrons. The maximum Gasteiger partial charge on any atom is 0.247 e. The number of sulfonamides is 1. The standard InChI is InChI=1S/C16H26N2O5S3/c1-12(18(4-6-21-2)5-7-23-9-8-22-3)14-10-13-11-15(26(17,19)20)25-16(13)24-14/h10-12H,4-9H2,1-3H3,(H2,17,19,20). The lowest BCUT2D eigenvalue weighted by Crippen LogP contribution is -2.33. The second-order valence-corrected chi connectivity index (χ2v) is 9.99. The van der Waals surface area contributed by atoms with Gasteiger partial charge in [0.1, 0.15) is 4.21 Å². The summed E-state index contributed by atoms with van der Waals surface area (Å²) in [6.45, 7) is 6.13. The summed E-state index contributed by atoms with van der Waals surface area (Å²) in [4.78, 5) is 3.48. The van der Waals surface area contributed by atoms with E-state index >= 15 is 0 Å². The lowest BCUT2D eigenvalue weighted by Gasteiger charge is -2.28. The Labute approximate surface area is 162 Å². The van der Waals surface area contributed by atoms with Crippen molar-refractivity contribution in [3.63, 3.8) is 0 Å². The topological polar surface area (TPSA) is 91.1 Å². The Morgan fingerprint density at radius 3 is 2.38 bits per heavy atom. The third-order valence-electron chi connectivity index (χ3n) is 3.99. The van der Waals surface area contributed by atoms with Gasteiger partial charge in [-0.2, -0.15) is 0 Å². The highest BCUT2D eigenvalue weighted by Gasteiger charge is 2.20. The van der Waals surface area contributed by atoms with E-state index in [0.717, 1.165) is 22.5 Å². The average Bonchev–Trinajstić information content (AvgIpc) is 3.15. The van der Waals surface area contributed by atoms with Crippen molar-refractivity contribution in [3.8, 4) is 0 Å². The largest absolute Gasteiger partial charge is 0.383 e. The molecule has 0 spiro atoms. The Kier molecular flexibility index (Phi) is 8.42. The molecule has 26 heavy (non-hydrogen) atoms. The highest BCUT2D eigenvalue weighted by molar-refractivity contribution is 7.91. The molecule has 0 aliphatic heterocycles. The number of hydrogen-bond acceptors (Lipinski definition) is 8. The Morgan fingerprint density at radius 2 is 1.77 bits per heavy atom. The van der Waals surface area contributed by atoms with Crippen molar-refractivity contribution >= 4 is 42.1 Å². The second kappa shape index (κ2) is 10.1. The zero-order valence-electron chi connectivity index (χ0n) is 15.3. The maximum atomic E-state index is 11.5. The number of nitrogens with zero attached hydrogens (tertiary/aromatic N) is 1. The van der Waals surface area contributed by atoms with Gasteiger partial charge in [-0.15, -0.1) is 22.7 Å². The Balaban J connectivity index is 2.06. The summed E-state index contributed by atoms with van der Waals surface area (Å²) in [6, 6.07) is 3.87. The van der Waals surface area contributed by atoms with Crippen molar-refractivity contribution in [2.45, 2.75) is 17.2 Å². The minimum Gasteiger partial charge on any atom is -0.383 e. The summed E-state index contributed by atoms with van der Waals surface area (Å²) in [5.74, 6) is 0. The molecule has 0 saturated heterocycles. The third kappa shape index (κ3) is 5.96. The van der Waals surface area contributed by atoms with Crippen molar-refractivity contribution in [2.24, 2.45) is 5.14 Å². The van der Waals surface area contributed by atoms with Gasteiger partial charge in [0.05, 0.1) is 30.4 Å². The first-order valence-electron chi connectivity index (χ1n) is 8.22. The molecule has 0 amide bonds. The van der Waals surface area contributed by atoms with E-state index in [1.807, 2.05) is 6.07 Å². The summed E-state index contributed by atoms with van der Waals surface area (Å²) < 4.78 is 39.9. The molecular weight excluding hydrogens is 396 g/mol. The normalized spacial score (nSPS) is 13.7. The van der Waals surface area contributed by atoms with Gasteiger partial charge in [-0.1, -0.05) is 0 Å². The number of rotatable bonds is 12. The fourth-order valence-corrected chi connectivity index (χ4v) is 5.94. The molecule has 2 heterocycles.